The number of aromatic nitrogens is 1. The number of anilines is 1. The highest BCUT2D eigenvalue weighted by Gasteiger charge is 2.23. The van der Waals surface area contributed by atoms with E-state index in [1.165, 1.54) is 7.11 Å². The number of sulfonamides is 1. The van der Waals surface area contributed by atoms with Crippen LogP contribution >= 0.6 is 0 Å². The highest BCUT2D eigenvalue weighted by Crippen LogP contribution is 2.31. The Kier molecular flexibility index (Phi) is 5.03. The van der Waals surface area contributed by atoms with E-state index in [1.54, 1.807) is 30.3 Å². The molecule has 8 heteroatoms. The third kappa shape index (κ3) is 3.45. The first-order valence-corrected chi connectivity index (χ1v) is 9.68. The van der Waals surface area contributed by atoms with Gasteiger partial charge in [-0.2, -0.15) is 0 Å². The Morgan fingerprint density at radius 1 is 1.15 bits per heavy atom. The van der Waals surface area contributed by atoms with E-state index in [4.69, 9.17) is 14.0 Å². The standard InChI is InChI=1S/C18H20N2O5S/c1-4-12-6-8-16(23-3)17(10-12)26(21,22)20-18-14-11-13(24-5-2)7-9-15(14)25-19-18/h6-11H,4-5H2,1-3H3,(H,19,20). The van der Waals surface area contributed by atoms with Gasteiger partial charge in [0.25, 0.3) is 10.0 Å². The molecular formula is C18H20N2O5S. The predicted molar refractivity (Wildman–Crippen MR) is 98.4 cm³/mol. The Hall–Kier alpha value is -2.74. The smallest absolute Gasteiger partial charge is 0.266 e. The normalized spacial score (nSPS) is 11.5. The van der Waals surface area contributed by atoms with Crippen molar-refractivity contribution in [1.82, 2.24) is 5.16 Å². The van der Waals surface area contributed by atoms with Gasteiger partial charge >= 0.3 is 0 Å². The van der Waals surface area contributed by atoms with Gasteiger partial charge in [-0.15, -0.1) is 0 Å². The van der Waals surface area contributed by atoms with E-state index in [-0.39, 0.29) is 16.5 Å². The summed E-state index contributed by atoms with van der Waals surface area (Å²) in [5.74, 6) is 0.970. The van der Waals surface area contributed by atoms with Gasteiger partial charge < -0.3 is 14.0 Å². The zero-order chi connectivity index (χ0) is 18.7. The highest BCUT2D eigenvalue weighted by molar-refractivity contribution is 7.92. The minimum absolute atomic E-state index is 0.0523. The predicted octanol–water partition coefficient (Wildman–Crippen LogP) is 3.60. The van der Waals surface area contributed by atoms with E-state index < -0.39 is 10.0 Å². The number of nitrogens with zero attached hydrogens (tertiary/aromatic N) is 1. The van der Waals surface area contributed by atoms with Crippen molar-refractivity contribution < 1.29 is 22.4 Å². The van der Waals surface area contributed by atoms with Gasteiger partial charge in [0.1, 0.15) is 16.4 Å². The molecule has 0 unspecified atom stereocenters. The van der Waals surface area contributed by atoms with Crippen LogP contribution in [0.5, 0.6) is 11.5 Å². The largest absolute Gasteiger partial charge is 0.495 e. The molecule has 26 heavy (non-hydrogen) atoms. The Labute approximate surface area is 151 Å². The van der Waals surface area contributed by atoms with Crippen molar-refractivity contribution in [1.29, 1.82) is 0 Å². The number of hydrogen-bond donors (Lipinski definition) is 1. The lowest BCUT2D eigenvalue weighted by atomic mass is 10.2. The topological polar surface area (TPSA) is 90.7 Å². The SMILES string of the molecule is CCOc1ccc2onc(NS(=O)(=O)c3cc(CC)ccc3OC)c2c1. The lowest BCUT2D eigenvalue weighted by Gasteiger charge is -2.11. The van der Waals surface area contributed by atoms with Crippen LogP contribution in [0, 0.1) is 0 Å². The Morgan fingerprint density at radius 3 is 2.65 bits per heavy atom. The van der Waals surface area contributed by atoms with Crippen LogP contribution in [0.1, 0.15) is 19.4 Å². The van der Waals surface area contributed by atoms with E-state index >= 15 is 0 Å². The van der Waals surface area contributed by atoms with Crippen molar-refractivity contribution >= 4 is 26.8 Å². The molecule has 0 saturated carbocycles. The molecule has 0 radical (unpaired) electrons. The van der Waals surface area contributed by atoms with E-state index in [9.17, 15) is 8.42 Å². The molecule has 0 fully saturated rings. The van der Waals surface area contributed by atoms with Gasteiger partial charge in [-0.1, -0.05) is 18.1 Å². The van der Waals surface area contributed by atoms with Gasteiger partial charge in [0.05, 0.1) is 19.1 Å². The molecule has 0 spiro atoms. The van der Waals surface area contributed by atoms with E-state index in [1.807, 2.05) is 19.9 Å². The molecule has 2 aromatic carbocycles. The molecule has 0 atom stereocenters. The number of benzene rings is 2. The number of nitrogens with one attached hydrogen (secondary N) is 1. The van der Waals surface area contributed by atoms with Gasteiger partial charge in [-0.3, -0.25) is 4.72 Å². The van der Waals surface area contributed by atoms with Crippen molar-refractivity contribution in [2.45, 2.75) is 25.2 Å². The summed E-state index contributed by atoms with van der Waals surface area (Å²) in [4.78, 5) is 0.0523. The van der Waals surface area contributed by atoms with E-state index in [2.05, 4.69) is 9.88 Å². The molecular weight excluding hydrogens is 356 g/mol. The zero-order valence-corrected chi connectivity index (χ0v) is 15.6. The van der Waals surface area contributed by atoms with Crippen LogP contribution in [0.2, 0.25) is 0 Å². The third-order valence-electron chi connectivity index (χ3n) is 3.91. The fourth-order valence-corrected chi connectivity index (χ4v) is 3.82. The molecule has 0 aliphatic rings. The highest BCUT2D eigenvalue weighted by atomic mass is 32.2. The van der Waals surface area contributed by atoms with Crippen LogP contribution < -0.4 is 14.2 Å². The van der Waals surface area contributed by atoms with E-state index in [0.29, 0.717) is 29.7 Å². The minimum atomic E-state index is -3.91. The Balaban J connectivity index is 2.02. The number of rotatable bonds is 7. The van der Waals surface area contributed by atoms with Crippen molar-refractivity contribution in [2.75, 3.05) is 18.4 Å². The van der Waals surface area contributed by atoms with Crippen LogP contribution in [-0.4, -0.2) is 27.3 Å². The molecule has 0 saturated heterocycles. The van der Waals surface area contributed by atoms with Gasteiger partial charge in [-0.25, -0.2) is 8.42 Å². The van der Waals surface area contributed by atoms with E-state index in [0.717, 1.165) is 5.56 Å². The summed E-state index contributed by atoms with van der Waals surface area (Å²) >= 11 is 0. The summed E-state index contributed by atoms with van der Waals surface area (Å²) < 4.78 is 44.1. The fourth-order valence-electron chi connectivity index (χ4n) is 2.58. The van der Waals surface area contributed by atoms with Gasteiger partial charge in [0.2, 0.25) is 0 Å². The molecule has 0 aliphatic heterocycles. The minimum Gasteiger partial charge on any atom is -0.495 e. The molecule has 1 N–H and O–H groups in total. The van der Waals surface area contributed by atoms with Crippen molar-refractivity contribution in [3.05, 3.63) is 42.0 Å². The number of aryl methyl sites for hydroxylation is 1. The Morgan fingerprint density at radius 2 is 1.96 bits per heavy atom. The summed E-state index contributed by atoms with van der Waals surface area (Å²) in [6.07, 6.45) is 0.705. The van der Waals surface area contributed by atoms with Crippen LogP contribution in [0.15, 0.2) is 45.8 Å². The second-order valence-corrected chi connectivity index (χ2v) is 7.22. The summed E-state index contributed by atoms with van der Waals surface area (Å²) in [7, 11) is -2.48. The summed E-state index contributed by atoms with van der Waals surface area (Å²) in [6.45, 7) is 4.32. The first-order chi connectivity index (χ1) is 12.5. The van der Waals surface area contributed by atoms with Crippen molar-refractivity contribution in [2.24, 2.45) is 0 Å². The molecule has 138 valence electrons. The lowest BCUT2D eigenvalue weighted by Crippen LogP contribution is -2.15. The van der Waals surface area contributed by atoms with Gasteiger partial charge in [-0.05, 0) is 49.2 Å². The van der Waals surface area contributed by atoms with Gasteiger partial charge in [0.15, 0.2) is 11.4 Å². The number of hydrogen-bond acceptors (Lipinski definition) is 6. The average Bonchev–Trinajstić information content (AvgIpc) is 3.03. The summed E-state index contributed by atoms with van der Waals surface area (Å²) in [5, 5.41) is 4.36. The molecule has 1 heterocycles. The lowest BCUT2D eigenvalue weighted by molar-refractivity contribution is 0.340. The number of ether oxygens (including phenoxy) is 2. The average molecular weight is 376 g/mol. The van der Waals surface area contributed by atoms with Crippen LogP contribution in [0.25, 0.3) is 11.0 Å². The van der Waals surface area contributed by atoms with Crippen LogP contribution in [0.4, 0.5) is 5.82 Å². The van der Waals surface area contributed by atoms with Crippen LogP contribution in [0.3, 0.4) is 0 Å². The molecule has 7 nitrogen and oxygen atoms in total. The van der Waals surface area contributed by atoms with Crippen molar-refractivity contribution in [3.8, 4) is 11.5 Å². The van der Waals surface area contributed by atoms with Gasteiger partial charge in [0, 0.05) is 0 Å². The van der Waals surface area contributed by atoms with Crippen LogP contribution in [-0.2, 0) is 16.4 Å². The molecule has 3 rings (SSSR count). The van der Waals surface area contributed by atoms with Crippen molar-refractivity contribution in [3.63, 3.8) is 0 Å². The molecule has 3 aromatic rings. The fraction of sp³-hybridized carbons (Fsp3) is 0.278. The summed E-state index contributed by atoms with van der Waals surface area (Å²) in [5.41, 5.74) is 1.34. The summed E-state index contributed by atoms with van der Waals surface area (Å²) in [6, 6.07) is 10.2. The monoisotopic (exact) mass is 376 g/mol. The maximum Gasteiger partial charge on any atom is 0.266 e. The third-order valence-corrected chi connectivity index (χ3v) is 5.27. The Bertz CT molecular complexity index is 1030. The molecule has 1 aromatic heterocycles. The first-order valence-electron chi connectivity index (χ1n) is 8.20. The maximum atomic E-state index is 12.9. The zero-order valence-electron chi connectivity index (χ0n) is 14.8. The number of fused-ring (bicyclic) bond motifs is 1. The molecule has 0 amide bonds. The first kappa shape index (κ1) is 18.1. The second-order valence-electron chi connectivity index (χ2n) is 5.57. The second kappa shape index (κ2) is 7.25. The quantitative estimate of drug-likeness (QED) is 0.677. The maximum absolute atomic E-state index is 12.9. The molecule has 0 aliphatic carbocycles. The molecule has 0 bridgehead atoms. The number of methoxy groups -OCH3 is 1.